The van der Waals surface area contributed by atoms with E-state index in [1.165, 1.54) is 11.4 Å². The largest absolute Gasteiger partial charge is 0.487 e. The first-order valence-corrected chi connectivity index (χ1v) is 11.8. The molecule has 1 N–H and O–H groups in total. The fourth-order valence-corrected chi connectivity index (χ4v) is 6.75. The van der Waals surface area contributed by atoms with Crippen molar-refractivity contribution in [1.82, 2.24) is 14.1 Å². The van der Waals surface area contributed by atoms with Crippen LogP contribution in [-0.4, -0.2) is 53.8 Å². The van der Waals surface area contributed by atoms with Gasteiger partial charge in [0.05, 0.1) is 30.8 Å². The monoisotopic (exact) mass is 449 g/mol. The van der Waals surface area contributed by atoms with Crippen LogP contribution in [0.25, 0.3) is 10.9 Å². The minimum Gasteiger partial charge on any atom is -0.487 e. The normalized spacial score (nSPS) is 20.1. The van der Waals surface area contributed by atoms with Gasteiger partial charge < -0.3 is 9.84 Å². The number of carboxylic acids is 1. The molecule has 30 heavy (non-hydrogen) atoms. The number of aryl methyl sites for hydroxylation is 1. The van der Waals surface area contributed by atoms with E-state index < -0.39 is 16.0 Å². The van der Waals surface area contributed by atoms with E-state index in [0.29, 0.717) is 17.3 Å². The molecule has 1 saturated heterocycles. The van der Waals surface area contributed by atoms with Crippen LogP contribution >= 0.6 is 11.3 Å². The molecule has 0 unspecified atom stereocenters. The van der Waals surface area contributed by atoms with Crippen molar-refractivity contribution in [2.75, 3.05) is 20.2 Å². The van der Waals surface area contributed by atoms with Crippen molar-refractivity contribution in [3.63, 3.8) is 0 Å². The summed E-state index contributed by atoms with van der Waals surface area (Å²) in [5.41, 5.74) is 2.36. The predicted octanol–water partition coefficient (Wildman–Crippen LogP) is 2.92. The highest BCUT2D eigenvalue weighted by molar-refractivity contribution is 7.91. The summed E-state index contributed by atoms with van der Waals surface area (Å²) in [6.07, 6.45) is -0.176. The Morgan fingerprint density at radius 2 is 2.07 bits per heavy atom. The molecule has 3 aromatic rings. The predicted molar refractivity (Wildman–Crippen MR) is 114 cm³/mol. The molecule has 160 valence electrons. The zero-order valence-electron chi connectivity index (χ0n) is 16.9. The second-order valence-corrected chi connectivity index (χ2v) is 10.8. The molecule has 10 heteroatoms. The quantitative estimate of drug-likeness (QED) is 0.621. The van der Waals surface area contributed by atoms with Crippen LogP contribution in [0.3, 0.4) is 0 Å². The van der Waals surface area contributed by atoms with Gasteiger partial charge >= 0.3 is 5.97 Å². The lowest BCUT2D eigenvalue weighted by atomic mass is 10.1. The summed E-state index contributed by atoms with van der Waals surface area (Å²) in [5, 5.41) is 15.2. The Morgan fingerprint density at radius 3 is 2.73 bits per heavy atom. The first-order valence-electron chi connectivity index (χ1n) is 9.54. The summed E-state index contributed by atoms with van der Waals surface area (Å²) in [5.74, 6) is -0.930. The molecule has 1 aromatic carbocycles. The zero-order valence-corrected chi connectivity index (χ0v) is 18.5. The van der Waals surface area contributed by atoms with Gasteiger partial charge in [-0.25, -0.2) is 8.42 Å². The lowest BCUT2D eigenvalue weighted by Crippen LogP contribution is -2.29. The van der Waals surface area contributed by atoms with Crippen LogP contribution in [0.2, 0.25) is 0 Å². The number of aliphatic carboxylic acids is 1. The lowest BCUT2D eigenvalue weighted by Gasteiger charge is -2.17. The minimum atomic E-state index is -3.64. The number of methoxy groups -OCH3 is 1. The average Bonchev–Trinajstić information content (AvgIpc) is 3.39. The van der Waals surface area contributed by atoms with Crippen LogP contribution in [-0.2, 0) is 21.2 Å². The van der Waals surface area contributed by atoms with E-state index >= 15 is 0 Å². The molecule has 4 rings (SSSR count). The highest BCUT2D eigenvalue weighted by atomic mass is 32.2. The summed E-state index contributed by atoms with van der Waals surface area (Å²) in [4.78, 5) is 11.3. The third-order valence-corrected chi connectivity index (χ3v) is 8.81. The Morgan fingerprint density at radius 1 is 1.30 bits per heavy atom. The van der Waals surface area contributed by atoms with E-state index in [-0.39, 0.29) is 29.1 Å². The number of fused-ring (bicyclic) bond motifs is 1. The van der Waals surface area contributed by atoms with Crippen molar-refractivity contribution in [2.24, 2.45) is 5.92 Å². The van der Waals surface area contributed by atoms with E-state index in [1.807, 2.05) is 36.7 Å². The van der Waals surface area contributed by atoms with Gasteiger partial charge in [0.1, 0.15) is 4.21 Å². The van der Waals surface area contributed by atoms with E-state index in [4.69, 9.17) is 4.74 Å². The highest BCUT2D eigenvalue weighted by Gasteiger charge is 2.40. The Hall–Kier alpha value is -2.43. The molecule has 0 amide bonds. The summed E-state index contributed by atoms with van der Waals surface area (Å²) in [6, 6.07) is 8.82. The fourth-order valence-electron chi connectivity index (χ4n) is 3.94. The Kier molecular flexibility index (Phi) is 5.33. The summed E-state index contributed by atoms with van der Waals surface area (Å²) in [6.45, 7) is 4.61. The molecule has 0 radical (unpaired) electrons. The standard InChI is InChI=1S/C20H23N3O5S2/c1-12-4-5-14-15(9-18(24)25)21-23(16(14)8-12)17-11-22(10-13(17)2)30(26,27)20-7-6-19(28-3)29-20/h4-8,13,17H,9-11H2,1-3H3,(H,24,25)/t13-,17+/m1/s1. The number of hydrogen-bond acceptors (Lipinski definition) is 6. The second-order valence-electron chi connectivity index (χ2n) is 7.63. The lowest BCUT2D eigenvalue weighted by molar-refractivity contribution is -0.136. The van der Waals surface area contributed by atoms with Gasteiger partial charge in [-0.05, 0) is 36.6 Å². The number of carboxylic acid groups (broad SMARTS) is 1. The van der Waals surface area contributed by atoms with E-state index in [0.717, 1.165) is 27.8 Å². The summed E-state index contributed by atoms with van der Waals surface area (Å²) >= 11 is 1.10. The van der Waals surface area contributed by atoms with Crippen molar-refractivity contribution in [2.45, 2.75) is 30.5 Å². The third-order valence-electron chi connectivity index (χ3n) is 5.46. The first kappa shape index (κ1) is 20.8. The number of aromatic nitrogens is 2. The number of thiophene rings is 1. The SMILES string of the molecule is COc1ccc(S(=O)(=O)N2C[C@@H](C)[C@@H](n3nc(CC(=O)O)c4ccc(C)cc43)C2)s1. The number of carbonyl (C=O) groups is 1. The van der Waals surface area contributed by atoms with Gasteiger partial charge in [0.2, 0.25) is 0 Å². The van der Waals surface area contributed by atoms with Crippen LogP contribution in [0.4, 0.5) is 0 Å². The van der Waals surface area contributed by atoms with Gasteiger partial charge in [-0.2, -0.15) is 9.40 Å². The maximum absolute atomic E-state index is 13.1. The molecule has 3 heterocycles. The number of nitrogens with zero attached hydrogens (tertiary/aromatic N) is 3. The molecule has 0 saturated carbocycles. The van der Waals surface area contributed by atoms with Crippen LogP contribution in [0.5, 0.6) is 5.06 Å². The Balaban J connectivity index is 1.71. The van der Waals surface area contributed by atoms with Crippen molar-refractivity contribution in [3.05, 3.63) is 41.6 Å². The number of rotatable bonds is 6. The minimum absolute atomic E-state index is 0.0166. The van der Waals surface area contributed by atoms with E-state index in [1.54, 1.807) is 12.1 Å². The van der Waals surface area contributed by atoms with Crippen molar-refractivity contribution < 1.29 is 23.1 Å². The summed E-state index contributed by atoms with van der Waals surface area (Å²) < 4.78 is 34.9. The Bertz CT molecular complexity index is 1210. The van der Waals surface area contributed by atoms with Crippen LogP contribution in [0.1, 0.15) is 24.2 Å². The topological polar surface area (TPSA) is 102 Å². The molecular weight excluding hydrogens is 426 g/mol. The number of ether oxygens (including phenoxy) is 1. The van der Waals surface area contributed by atoms with Gasteiger partial charge in [0.25, 0.3) is 10.0 Å². The molecular formula is C20H23N3O5S2. The van der Waals surface area contributed by atoms with Crippen molar-refractivity contribution >= 4 is 38.2 Å². The highest BCUT2D eigenvalue weighted by Crippen LogP contribution is 2.37. The molecule has 8 nitrogen and oxygen atoms in total. The molecule has 1 aliphatic rings. The van der Waals surface area contributed by atoms with Gasteiger partial charge in [0.15, 0.2) is 5.06 Å². The molecule has 1 fully saturated rings. The molecule has 2 atom stereocenters. The molecule has 0 spiro atoms. The number of benzene rings is 1. The maximum atomic E-state index is 13.1. The fraction of sp³-hybridized carbons (Fsp3) is 0.400. The van der Waals surface area contributed by atoms with Gasteiger partial charge in [-0.3, -0.25) is 9.48 Å². The van der Waals surface area contributed by atoms with Crippen LogP contribution in [0, 0.1) is 12.8 Å². The third kappa shape index (κ3) is 3.59. The smallest absolute Gasteiger partial charge is 0.309 e. The Labute approximate surface area is 178 Å². The van der Waals surface area contributed by atoms with Gasteiger partial charge in [-0.1, -0.05) is 30.4 Å². The van der Waals surface area contributed by atoms with Gasteiger partial charge in [-0.15, -0.1) is 0 Å². The molecule has 1 aliphatic heterocycles. The van der Waals surface area contributed by atoms with E-state index in [2.05, 4.69) is 5.10 Å². The average molecular weight is 450 g/mol. The van der Waals surface area contributed by atoms with E-state index in [9.17, 15) is 18.3 Å². The number of sulfonamides is 1. The van der Waals surface area contributed by atoms with Crippen LogP contribution in [0.15, 0.2) is 34.5 Å². The number of hydrogen-bond donors (Lipinski definition) is 1. The van der Waals surface area contributed by atoms with Crippen molar-refractivity contribution in [3.8, 4) is 5.06 Å². The first-order chi connectivity index (χ1) is 14.2. The zero-order chi connectivity index (χ0) is 21.6. The second kappa shape index (κ2) is 7.68. The van der Waals surface area contributed by atoms with Crippen LogP contribution < -0.4 is 4.74 Å². The summed E-state index contributed by atoms with van der Waals surface area (Å²) in [7, 11) is -2.13. The van der Waals surface area contributed by atoms with Crippen molar-refractivity contribution in [1.29, 1.82) is 0 Å². The molecule has 0 bridgehead atoms. The molecule has 2 aromatic heterocycles. The van der Waals surface area contributed by atoms with Gasteiger partial charge in [0, 0.05) is 18.5 Å². The molecule has 0 aliphatic carbocycles. The maximum Gasteiger partial charge on any atom is 0.309 e.